The first kappa shape index (κ1) is 8.67. The van der Waals surface area contributed by atoms with Gasteiger partial charge in [0.2, 0.25) is 0 Å². The maximum atomic E-state index is 5.21. The molecule has 0 saturated heterocycles. The van der Waals surface area contributed by atoms with E-state index in [-0.39, 0.29) is 0 Å². The summed E-state index contributed by atoms with van der Waals surface area (Å²) >= 11 is 2.03. The van der Waals surface area contributed by atoms with E-state index in [1.54, 1.807) is 7.11 Å². The second kappa shape index (κ2) is 4.45. The molecule has 0 aliphatic rings. The van der Waals surface area contributed by atoms with Crippen LogP contribution in [0, 0.1) is 0 Å². The van der Waals surface area contributed by atoms with Crippen LogP contribution in [-0.4, -0.2) is 31.6 Å². The molecule has 0 bridgehead atoms. The van der Waals surface area contributed by atoms with E-state index in [1.165, 1.54) is 4.24 Å². The zero-order valence-corrected chi connectivity index (χ0v) is 6.83. The number of hydrogen-bond acceptors (Lipinski definition) is 2. The Balaban J connectivity index is 2.56. The van der Waals surface area contributed by atoms with Gasteiger partial charge in [-0.3, -0.25) is 0 Å². The number of hydrogen-bond donors (Lipinski definition) is 0. The molecule has 0 fully saturated rings. The molecule has 0 aromatic heterocycles. The van der Waals surface area contributed by atoms with Gasteiger partial charge in [0.15, 0.2) is 0 Å². The van der Waals surface area contributed by atoms with Crippen molar-refractivity contribution in [1.82, 2.24) is 0 Å². The molecule has 0 N–H and O–H groups in total. The van der Waals surface area contributed by atoms with Crippen LogP contribution in [0.4, 0.5) is 0 Å². The molecule has 0 aliphatic heterocycles. The van der Waals surface area contributed by atoms with Gasteiger partial charge in [-0.1, -0.05) is 0 Å². The average molecular weight is 144 g/mol. The summed E-state index contributed by atoms with van der Waals surface area (Å²) in [5.74, 6) is 0.854. The second-order valence-corrected chi connectivity index (χ2v) is 2.37. The van der Waals surface area contributed by atoms with Gasteiger partial charge in [0.1, 0.15) is 0 Å². The standard InChI is InChI=1S/C8H9O2.Li/c1-9-7-10-8-5-3-2-4-6-8;/h2-3,5-6H,7H2,1H3;. The molecule has 0 amide bonds. The first-order valence-corrected chi connectivity index (χ1v) is 3.51. The fourth-order valence-electron chi connectivity index (χ4n) is 0.832. The summed E-state index contributed by atoms with van der Waals surface area (Å²) < 4.78 is 11.2. The number of benzene rings is 1. The van der Waals surface area contributed by atoms with E-state index >= 15 is 0 Å². The van der Waals surface area contributed by atoms with Crippen LogP contribution in [0.5, 0.6) is 5.75 Å². The predicted octanol–water partition coefficient (Wildman–Crippen LogP) is 0.463. The van der Waals surface area contributed by atoms with Crippen molar-refractivity contribution in [2.75, 3.05) is 13.9 Å². The molecule has 3 heteroatoms. The number of rotatable bonds is 3. The molecule has 1 rings (SSSR count). The molecule has 54 valence electrons. The van der Waals surface area contributed by atoms with Gasteiger partial charge in [0, 0.05) is 0 Å². The van der Waals surface area contributed by atoms with Gasteiger partial charge in [0.25, 0.3) is 0 Å². The van der Waals surface area contributed by atoms with Crippen LogP contribution in [-0.2, 0) is 4.74 Å². The Hall–Kier alpha value is -0.423. The fraction of sp³-hybridized carbons (Fsp3) is 0.250. The average Bonchev–Trinajstić information content (AvgIpc) is 2.01. The maximum absolute atomic E-state index is 5.21. The van der Waals surface area contributed by atoms with Crippen LogP contribution in [0.2, 0.25) is 0 Å². The van der Waals surface area contributed by atoms with Gasteiger partial charge in [0.05, 0.1) is 0 Å². The van der Waals surface area contributed by atoms with E-state index in [0.29, 0.717) is 6.79 Å². The summed E-state index contributed by atoms with van der Waals surface area (Å²) in [5.41, 5.74) is 0. The third-order valence-corrected chi connectivity index (χ3v) is 1.33. The molecule has 0 aliphatic carbocycles. The minimum absolute atomic E-state index is 0.309. The molecule has 0 atom stereocenters. The van der Waals surface area contributed by atoms with E-state index in [2.05, 4.69) is 0 Å². The topological polar surface area (TPSA) is 18.5 Å². The summed E-state index contributed by atoms with van der Waals surface area (Å²) in [5, 5.41) is 0. The van der Waals surface area contributed by atoms with Gasteiger partial charge < -0.3 is 0 Å². The van der Waals surface area contributed by atoms with E-state index in [9.17, 15) is 0 Å². The van der Waals surface area contributed by atoms with Crippen molar-refractivity contribution in [3.8, 4) is 5.75 Å². The molecule has 0 unspecified atom stereocenters. The van der Waals surface area contributed by atoms with Crippen LogP contribution in [0.25, 0.3) is 0 Å². The van der Waals surface area contributed by atoms with Crippen LogP contribution in [0.15, 0.2) is 24.3 Å². The molecule has 1 aromatic carbocycles. The summed E-state index contributed by atoms with van der Waals surface area (Å²) in [6, 6.07) is 7.87. The summed E-state index contributed by atoms with van der Waals surface area (Å²) in [6.45, 7) is 0.309. The fourth-order valence-corrected chi connectivity index (χ4v) is 0.832. The van der Waals surface area contributed by atoms with Crippen LogP contribution >= 0.6 is 0 Å². The third-order valence-electron chi connectivity index (χ3n) is 1.33. The Morgan fingerprint density at radius 2 is 2.27 bits per heavy atom. The molecular weight excluding hydrogens is 135 g/mol. The Kier molecular flexibility index (Phi) is 3.51. The van der Waals surface area contributed by atoms with E-state index in [1.807, 2.05) is 42.0 Å². The summed E-state index contributed by atoms with van der Waals surface area (Å²) in [7, 11) is 1.61. The molecule has 11 heavy (non-hydrogen) atoms. The van der Waals surface area contributed by atoms with Gasteiger partial charge in [-0.2, -0.15) is 0 Å². The Morgan fingerprint density at radius 3 is 2.91 bits per heavy atom. The first-order valence-electron chi connectivity index (χ1n) is 3.51. The zero-order chi connectivity index (χ0) is 8.10. The van der Waals surface area contributed by atoms with Gasteiger partial charge >= 0.3 is 75.3 Å². The Bertz CT molecular complexity index is 225. The van der Waals surface area contributed by atoms with Gasteiger partial charge in [-0.05, 0) is 0 Å². The van der Waals surface area contributed by atoms with Crippen molar-refractivity contribution < 1.29 is 9.47 Å². The van der Waals surface area contributed by atoms with Crippen LogP contribution in [0.1, 0.15) is 0 Å². The minimum atomic E-state index is 0.309. The van der Waals surface area contributed by atoms with E-state index in [0.717, 1.165) is 5.75 Å². The molecule has 0 spiro atoms. The second-order valence-electron chi connectivity index (χ2n) is 2.37. The molecule has 2 nitrogen and oxygen atoms in total. The van der Waals surface area contributed by atoms with E-state index < -0.39 is 0 Å². The van der Waals surface area contributed by atoms with Gasteiger partial charge in [-0.25, -0.2) is 0 Å². The number of ether oxygens (including phenoxy) is 2. The van der Waals surface area contributed by atoms with Crippen molar-refractivity contribution in [2.45, 2.75) is 0 Å². The molecule has 0 heterocycles. The Labute approximate surface area is 75.7 Å². The quantitative estimate of drug-likeness (QED) is 0.453. The van der Waals surface area contributed by atoms with Crippen molar-refractivity contribution in [3.05, 3.63) is 24.3 Å². The third kappa shape index (κ3) is 2.98. The van der Waals surface area contributed by atoms with Crippen molar-refractivity contribution >= 4 is 22.0 Å². The number of methoxy groups -OCH3 is 1. The molecule has 0 radical (unpaired) electrons. The zero-order valence-electron chi connectivity index (χ0n) is 6.83. The van der Waals surface area contributed by atoms with Crippen LogP contribution < -0.4 is 8.97 Å². The van der Waals surface area contributed by atoms with Crippen LogP contribution in [0.3, 0.4) is 0 Å². The molecule has 0 saturated carbocycles. The summed E-state index contributed by atoms with van der Waals surface area (Å²) in [6.07, 6.45) is 0. The first-order chi connectivity index (χ1) is 5.33. The normalized spacial score (nSPS) is 9.73. The van der Waals surface area contributed by atoms with Crippen molar-refractivity contribution in [1.29, 1.82) is 0 Å². The SMILES string of the molecule is [Li][c]1cccc(OCOC)c1. The van der Waals surface area contributed by atoms with Gasteiger partial charge in [-0.15, -0.1) is 0 Å². The summed E-state index contributed by atoms with van der Waals surface area (Å²) in [4.78, 5) is 0. The van der Waals surface area contributed by atoms with E-state index in [4.69, 9.17) is 9.47 Å². The monoisotopic (exact) mass is 144 g/mol. The molecule has 1 aromatic rings. The van der Waals surface area contributed by atoms with Crippen molar-refractivity contribution in [3.63, 3.8) is 0 Å². The molecular formula is C8H9LiO2. The Morgan fingerprint density at radius 1 is 1.45 bits per heavy atom. The predicted molar refractivity (Wildman–Crippen MR) is 44.3 cm³/mol. The van der Waals surface area contributed by atoms with Crippen molar-refractivity contribution in [2.24, 2.45) is 0 Å².